The molecule has 0 spiro atoms. The topological polar surface area (TPSA) is 62.2 Å². The Hall–Kier alpha value is -2.88. The smallest absolute Gasteiger partial charge is 0.335 e. The van der Waals surface area contributed by atoms with Gasteiger partial charge in [0.05, 0.1) is 11.1 Å². The fourth-order valence-electron chi connectivity index (χ4n) is 2.24. The number of anilines is 1. The van der Waals surface area contributed by atoms with Gasteiger partial charge >= 0.3 is 5.97 Å². The lowest BCUT2D eigenvalue weighted by molar-refractivity contribution is 0.0697. The van der Waals surface area contributed by atoms with Crippen molar-refractivity contribution in [2.45, 2.75) is 6.54 Å². The number of carboxylic acids is 1. The summed E-state index contributed by atoms with van der Waals surface area (Å²) < 4.78 is 0. The van der Waals surface area contributed by atoms with Gasteiger partial charge in [-0.15, -0.1) is 0 Å². The molecule has 3 aromatic rings. The highest BCUT2D eigenvalue weighted by molar-refractivity contribution is 5.88. The molecular weight excluding hydrogens is 264 g/mol. The zero-order valence-corrected chi connectivity index (χ0v) is 11.3. The molecule has 0 saturated carbocycles. The quantitative estimate of drug-likeness (QED) is 0.766. The Morgan fingerprint density at radius 2 is 1.81 bits per heavy atom. The van der Waals surface area contributed by atoms with Crippen molar-refractivity contribution in [3.63, 3.8) is 0 Å². The van der Waals surface area contributed by atoms with Gasteiger partial charge in [-0.1, -0.05) is 18.2 Å². The van der Waals surface area contributed by atoms with E-state index in [1.54, 1.807) is 30.5 Å². The van der Waals surface area contributed by atoms with E-state index in [-0.39, 0.29) is 5.56 Å². The minimum atomic E-state index is -0.915. The SMILES string of the molecule is O=C(O)c1ccc(NCc2ccnc3ccccc23)cc1. The monoisotopic (exact) mass is 278 g/mol. The summed E-state index contributed by atoms with van der Waals surface area (Å²) in [5, 5.41) is 13.3. The van der Waals surface area contributed by atoms with Crippen LogP contribution in [0.5, 0.6) is 0 Å². The predicted octanol–water partition coefficient (Wildman–Crippen LogP) is 3.55. The van der Waals surface area contributed by atoms with Gasteiger partial charge in [0.15, 0.2) is 0 Å². The standard InChI is InChI=1S/C17H14N2O2/c20-17(21)12-5-7-14(8-6-12)19-11-13-9-10-18-16-4-2-1-3-15(13)16/h1-10,19H,11H2,(H,20,21). The summed E-state index contributed by atoms with van der Waals surface area (Å²) in [7, 11) is 0. The van der Waals surface area contributed by atoms with Crippen molar-refractivity contribution in [1.82, 2.24) is 4.98 Å². The van der Waals surface area contributed by atoms with Crippen molar-refractivity contribution < 1.29 is 9.90 Å². The molecule has 1 aromatic heterocycles. The number of nitrogens with one attached hydrogen (secondary N) is 1. The molecule has 0 amide bonds. The maximum absolute atomic E-state index is 10.8. The van der Waals surface area contributed by atoms with Crippen molar-refractivity contribution >= 4 is 22.6 Å². The van der Waals surface area contributed by atoms with E-state index in [0.717, 1.165) is 22.2 Å². The molecule has 0 bridgehead atoms. The third-order valence-electron chi connectivity index (χ3n) is 3.35. The van der Waals surface area contributed by atoms with Crippen LogP contribution < -0.4 is 5.32 Å². The first kappa shape index (κ1) is 13.1. The molecule has 1 heterocycles. The van der Waals surface area contributed by atoms with Crippen LogP contribution in [0.4, 0.5) is 5.69 Å². The Morgan fingerprint density at radius 1 is 1.05 bits per heavy atom. The summed E-state index contributed by atoms with van der Waals surface area (Å²) in [6, 6.07) is 16.7. The lowest BCUT2D eigenvalue weighted by Crippen LogP contribution is -2.01. The average molecular weight is 278 g/mol. The largest absolute Gasteiger partial charge is 0.478 e. The molecule has 4 nitrogen and oxygen atoms in total. The third-order valence-corrected chi connectivity index (χ3v) is 3.35. The van der Waals surface area contributed by atoms with Crippen molar-refractivity contribution in [3.05, 3.63) is 71.9 Å². The lowest BCUT2D eigenvalue weighted by Gasteiger charge is -2.09. The van der Waals surface area contributed by atoms with Gasteiger partial charge in [0.25, 0.3) is 0 Å². The number of aromatic carboxylic acids is 1. The first-order chi connectivity index (χ1) is 10.2. The van der Waals surface area contributed by atoms with Crippen LogP contribution in [0.1, 0.15) is 15.9 Å². The number of rotatable bonds is 4. The van der Waals surface area contributed by atoms with Crippen LogP contribution >= 0.6 is 0 Å². The van der Waals surface area contributed by atoms with Crippen molar-refractivity contribution in [2.24, 2.45) is 0 Å². The van der Waals surface area contributed by atoms with Gasteiger partial charge < -0.3 is 10.4 Å². The first-order valence-corrected chi connectivity index (χ1v) is 6.64. The number of aromatic nitrogens is 1. The highest BCUT2D eigenvalue weighted by Crippen LogP contribution is 2.18. The number of fused-ring (bicyclic) bond motifs is 1. The van der Waals surface area contributed by atoms with E-state index in [1.165, 1.54) is 0 Å². The minimum absolute atomic E-state index is 0.287. The molecule has 2 aromatic carbocycles. The Bertz CT molecular complexity index is 777. The van der Waals surface area contributed by atoms with Crippen LogP contribution in [0, 0.1) is 0 Å². The summed E-state index contributed by atoms with van der Waals surface area (Å²) in [6.07, 6.45) is 1.80. The van der Waals surface area contributed by atoms with E-state index < -0.39 is 5.97 Å². The molecule has 0 radical (unpaired) electrons. The highest BCUT2D eigenvalue weighted by atomic mass is 16.4. The van der Waals surface area contributed by atoms with Gasteiger partial charge in [-0.05, 0) is 42.0 Å². The fourth-order valence-corrected chi connectivity index (χ4v) is 2.24. The zero-order valence-electron chi connectivity index (χ0n) is 11.3. The van der Waals surface area contributed by atoms with E-state index >= 15 is 0 Å². The molecular formula is C17H14N2O2. The second kappa shape index (κ2) is 5.63. The van der Waals surface area contributed by atoms with E-state index in [1.807, 2.05) is 30.3 Å². The lowest BCUT2D eigenvalue weighted by atomic mass is 10.1. The molecule has 0 saturated heterocycles. The summed E-state index contributed by atoms with van der Waals surface area (Å²) >= 11 is 0. The van der Waals surface area contributed by atoms with Crippen LogP contribution in [0.2, 0.25) is 0 Å². The van der Waals surface area contributed by atoms with E-state index in [9.17, 15) is 4.79 Å². The zero-order chi connectivity index (χ0) is 14.7. The molecule has 0 atom stereocenters. The molecule has 3 rings (SSSR count). The highest BCUT2D eigenvalue weighted by Gasteiger charge is 2.03. The van der Waals surface area contributed by atoms with E-state index in [0.29, 0.717) is 6.54 Å². The third kappa shape index (κ3) is 2.84. The van der Waals surface area contributed by atoms with Crippen LogP contribution in [0.25, 0.3) is 10.9 Å². The molecule has 0 aliphatic carbocycles. The number of carbonyl (C=O) groups is 1. The number of pyridine rings is 1. The summed E-state index contributed by atoms with van der Waals surface area (Å²) in [4.78, 5) is 15.1. The second-order valence-electron chi connectivity index (χ2n) is 4.72. The number of hydrogen-bond donors (Lipinski definition) is 2. The maximum Gasteiger partial charge on any atom is 0.335 e. The molecule has 2 N–H and O–H groups in total. The maximum atomic E-state index is 10.8. The Morgan fingerprint density at radius 3 is 2.57 bits per heavy atom. The van der Waals surface area contributed by atoms with Gasteiger partial charge in [0.2, 0.25) is 0 Å². The van der Waals surface area contributed by atoms with Gasteiger partial charge in [-0.2, -0.15) is 0 Å². The summed E-state index contributed by atoms with van der Waals surface area (Å²) in [5.74, 6) is -0.915. The molecule has 0 aliphatic rings. The Labute approximate surface area is 122 Å². The summed E-state index contributed by atoms with van der Waals surface area (Å²) in [5.41, 5.74) is 3.30. The molecule has 0 fully saturated rings. The average Bonchev–Trinajstić information content (AvgIpc) is 2.53. The van der Waals surface area contributed by atoms with Crippen LogP contribution in [0.3, 0.4) is 0 Å². The number of para-hydroxylation sites is 1. The van der Waals surface area contributed by atoms with Crippen LogP contribution in [0.15, 0.2) is 60.8 Å². The molecule has 0 aliphatic heterocycles. The van der Waals surface area contributed by atoms with Gasteiger partial charge in [-0.3, -0.25) is 4.98 Å². The second-order valence-corrected chi connectivity index (χ2v) is 4.72. The normalized spacial score (nSPS) is 10.5. The molecule has 0 unspecified atom stereocenters. The predicted molar refractivity (Wildman–Crippen MR) is 82.5 cm³/mol. The van der Waals surface area contributed by atoms with E-state index in [4.69, 9.17) is 5.11 Å². The van der Waals surface area contributed by atoms with Crippen LogP contribution in [-0.4, -0.2) is 16.1 Å². The molecule has 104 valence electrons. The van der Waals surface area contributed by atoms with Crippen molar-refractivity contribution in [1.29, 1.82) is 0 Å². The van der Waals surface area contributed by atoms with E-state index in [2.05, 4.69) is 10.3 Å². The van der Waals surface area contributed by atoms with Gasteiger partial charge in [-0.25, -0.2) is 4.79 Å². The van der Waals surface area contributed by atoms with Crippen molar-refractivity contribution in [3.8, 4) is 0 Å². The first-order valence-electron chi connectivity index (χ1n) is 6.64. The fraction of sp³-hybridized carbons (Fsp3) is 0.0588. The Kier molecular flexibility index (Phi) is 3.51. The molecule has 21 heavy (non-hydrogen) atoms. The van der Waals surface area contributed by atoms with Gasteiger partial charge in [0.1, 0.15) is 0 Å². The van der Waals surface area contributed by atoms with Gasteiger partial charge in [0, 0.05) is 23.8 Å². The van der Waals surface area contributed by atoms with Crippen molar-refractivity contribution in [2.75, 3.05) is 5.32 Å². The molecule has 4 heteroatoms. The number of nitrogens with zero attached hydrogens (tertiary/aromatic N) is 1. The summed E-state index contributed by atoms with van der Waals surface area (Å²) in [6.45, 7) is 0.662. The number of benzene rings is 2. The Balaban J connectivity index is 1.79. The minimum Gasteiger partial charge on any atom is -0.478 e. The number of hydrogen-bond acceptors (Lipinski definition) is 3. The number of carboxylic acid groups (broad SMARTS) is 1. The van der Waals surface area contributed by atoms with Crippen LogP contribution in [-0.2, 0) is 6.54 Å².